The average Bonchev–Trinajstić information content (AvgIpc) is 2.64. The third-order valence-corrected chi connectivity index (χ3v) is 2.35. The van der Waals surface area contributed by atoms with Crippen LogP contribution >= 0.6 is 0 Å². The predicted molar refractivity (Wildman–Crippen MR) is 59.9 cm³/mol. The number of unbranched alkanes of at least 4 members (excludes halogenated alkanes) is 2. The molecule has 1 rings (SSSR count). The lowest BCUT2D eigenvalue weighted by molar-refractivity contribution is -0.141. The molecular formula is C12H20O4. The second-order valence-corrected chi connectivity index (χ2v) is 3.95. The van der Waals surface area contributed by atoms with Crippen LogP contribution in [0.5, 0.6) is 0 Å². The number of ether oxygens (including phenoxy) is 3. The first kappa shape index (κ1) is 13.2. The summed E-state index contributed by atoms with van der Waals surface area (Å²) in [5, 5.41) is 0. The summed E-state index contributed by atoms with van der Waals surface area (Å²) in [5.41, 5.74) is 0. The Morgan fingerprint density at radius 1 is 1.38 bits per heavy atom. The average molecular weight is 228 g/mol. The van der Waals surface area contributed by atoms with E-state index in [1.54, 1.807) is 0 Å². The zero-order chi connectivity index (χ0) is 11.9. The first-order chi connectivity index (χ1) is 7.62. The van der Waals surface area contributed by atoms with E-state index >= 15 is 0 Å². The van der Waals surface area contributed by atoms with Crippen molar-refractivity contribution in [3.05, 3.63) is 12.2 Å². The molecule has 0 aromatic heterocycles. The van der Waals surface area contributed by atoms with Crippen LogP contribution in [0.25, 0.3) is 0 Å². The maximum absolute atomic E-state index is 10.5. The molecule has 4 nitrogen and oxygen atoms in total. The van der Waals surface area contributed by atoms with Crippen LogP contribution in [-0.4, -0.2) is 31.6 Å². The van der Waals surface area contributed by atoms with E-state index in [2.05, 4.69) is 6.08 Å². The summed E-state index contributed by atoms with van der Waals surface area (Å²) in [7, 11) is 0. The van der Waals surface area contributed by atoms with Crippen LogP contribution in [0.4, 0.5) is 0 Å². The minimum absolute atomic E-state index is 0.212. The van der Waals surface area contributed by atoms with Gasteiger partial charge in [-0.15, -0.1) is 0 Å². The molecule has 0 aromatic rings. The molecule has 0 radical (unpaired) electrons. The molecule has 1 fully saturated rings. The first-order valence-corrected chi connectivity index (χ1v) is 5.71. The zero-order valence-electron chi connectivity index (χ0n) is 10.0. The summed E-state index contributed by atoms with van der Waals surface area (Å²) in [6, 6.07) is 0. The third-order valence-electron chi connectivity index (χ3n) is 2.35. The number of hydrogen-bond donors (Lipinski definition) is 0. The normalized spacial score (nSPS) is 19.1. The molecule has 0 unspecified atom stereocenters. The van der Waals surface area contributed by atoms with Crippen LogP contribution in [-0.2, 0) is 19.0 Å². The second kappa shape index (κ2) is 6.66. The standard InChI is InChI=1S/C12H20O4/c1-11(13)14-8-6-4-3-5-7-12(2)15-9-10-16-12/h5,7H,3-4,6,8-10H2,1-2H3. The van der Waals surface area contributed by atoms with Crippen molar-refractivity contribution in [2.45, 2.75) is 38.9 Å². The molecule has 0 aliphatic carbocycles. The van der Waals surface area contributed by atoms with Crippen LogP contribution in [0.2, 0.25) is 0 Å². The Hall–Kier alpha value is -0.870. The molecule has 1 saturated heterocycles. The van der Waals surface area contributed by atoms with Crippen LogP contribution < -0.4 is 0 Å². The number of carbonyl (C=O) groups excluding carboxylic acids is 1. The molecule has 1 aliphatic rings. The number of esters is 1. The summed E-state index contributed by atoms with van der Waals surface area (Å²) < 4.78 is 15.7. The fourth-order valence-electron chi connectivity index (χ4n) is 1.50. The van der Waals surface area contributed by atoms with Crippen LogP contribution in [0.3, 0.4) is 0 Å². The molecular weight excluding hydrogens is 208 g/mol. The van der Waals surface area contributed by atoms with Gasteiger partial charge in [-0.25, -0.2) is 0 Å². The monoisotopic (exact) mass is 228 g/mol. The number of hydrogen-bond acceptors (Lipinski definition) is 4. The van der Waals surface area contributed by atoms with E-state index in [-0.39, 0.29) is 5.97 Å². The van der Waals surface area contributed by atoms with Gasteiger partial charge < -0.3 is 14.2 Å². The SMILES string of the molecule is CC(=O)OCCCCC=CC1(C)OCCO1. The molecule has 0 saturated carbocycles. The summed E-state index contributed by atoms with van der Waals surface area (Å²) in [6.45, 7) is 5.17. The molecule has 4 heteroatoms. The Bertz CT molecular complexity index is 241. The van der Waals surface area contributed by atoms with E-state index in [1.165, 1.54) is 6.92 Å². The van der Waals surface area contributed by atoms with Gasteiger partial charge in [0.25, 0.3) is 0 Å². The van der Waals surface area contributed by atoms with E-state index in [4.69, 9.17) is 14.2 Å². The molecule has 92 valence electrons. The number of carbonyl (C=O) groups is 1. The lowest BCUT2D eigenvalue weighted by Gasteiger charge is -2.16. The molecule has 0 bridgehead atoms. The molecule has 1 heterocycles. The first-order valence-electron chi connectivity index (χ1n) is 5.71. The van der Waals surface area contributed by atoms with Gasteiger partial charge in [0.05, 0.1) is 19.8 Å². The summed E-state index contributed by atoms with van der Waals surface area (Å²) in [6.07, 6.45) is 6.84. The Morgan fingerprint density at radius 2 is 2.06 bits per heavy atom. The van der Waals surface area contributed by atoms with E-state index in [1.807, 2.05) is 13.0 Å². The van der Waals surface area contributed by atoms with Gasteiger partial charge in [0.15, 0.2) is 5.79 Å². The van der Waals surface area contributed by atoms with Gasteiger partial charge in [0.2, 0.25) is 0 Å². The van der Waals surface area contributed by atoms with E-state index in [0.29, 0.717) is 19.8 Å². The molecule has 0 amide bonds. The van der Waals surface area contributed by atoms with Crippen LogP contribution in [0.1, 0.15) is 33.1 Å². The maximum atomic E-state index is 10.5. The lowest BCUT2D eigenvalue weighted by Crippen LogP contribution is -2.21. The van der Waals surface area contributed by atoms with Crippen molar-refractivity contribution in [2.24, 2.45) is 0 Å². The van der Waals surface area contributed by atoms with Gasteiger partial charge in [-0.1, -0.05) is 6.08 Å². The van der Waals surface area contributed by atoms with Gasteiger partial charge in [-0.2, -0.15) is 0 Å². The molecule has 16 heavy (non-hydrogen) atoms. The van der Waals surface area contributed by atoms with Gasteiger partial charge in [-0.05, 0) is 32.3 Å². The topological polar surface area (TPSA) is 44.8 Å². The van der Waals surface area contributed by atoms with Gasteiger partial charge in [0.1, 0.15) is 0 Å². The highest BCUT2D eigenvalue weighted by Crippen LogP contribution is 2.20. The lowest BCUT2D eigenvalue weighted by atomic mass is 10.2. The molecule has 0 aromatic carbocycles. The summed E-state index contributed by atoms with van der Waals surface area (Å²) in [4.78, 5) is 10.5. The fourth-order valence-corrected chi connectivity index (χ4v) is 1.50. The fraction of sp³-hybridized carbons (Fsp3) is 0.750. The highest BCUT2D eigenvalue weighted by molar-refractivity contribution is 5.65. The van der Waals surface area contributed by atoms with Crippen LogP contribution in [0, 0.1) is 0 Å². The van der Waals surface area contributed by atoms with Crippen molar-refractivity contribution in [1.29, 1.82) is 0 Å². The number of allylic oxidation sites excluding steroid dienone is 1. The quantitative estimate of drug-likeness (QED) is 0.396. The van der Waals surface area contributed by atoms with Gasteiger partial charge >= 0.3 is 5.97 Å². The van der Waals surface area contributed by atoms with Crippen molar-refractivity contribution in [2.75, 3.05) is 19.8 Å². The Morgan fingerprint density at radius 3 is 2.69 bits per heavy atom. The summed E-state index contributed by atoms with van der Waals surface area (Å²) in [5.74, 6) is -0.744. The molecule has 0 atom stereocenters. The van der Waals surface area contributed by atoms with E-state index in [9.17, 15) is 4.79 Å². The van der Waals surface area contributed by atoms with Gasteiger partial charge in [0, 0.05) is 6.92 Å². The Kier molecular flexibility index (Phi) is 5.49. The summed E-state index contributed by atoms with van der Waals surface area (Å²) >= 11 is 0. The predicted octanol–water partition coefficient (Wildman–Crippen LogP) is 2.04. The molecule has 1 aliphatic heterocycles. The maximum Gasteiger partial charge on any atom is 0.302 e. The second-order valence-electron chi connectivity index (χ2n) is 3.95. The van der Waals surface area contributed by atoms with Gasteiger partial charge in [-0.3, -0.25) is 4.79 Å². The van der Waals surface area contributed by atoms with Crippen molar-refractivity contribution in [1.82, 2.24) is 0 Å². The van der Waals surface area contributed by atoms with Crippen molar-refractivity contribution < 1.29 is 19.0 Å². The largest absolute Gasteiger partial charge is 0.466 e. The van der Waals surface area contributed by atoms with Crippen molar-refractivity contribution in [3.8, 4) is 0 Å². The smallest absolute Gasteiger partial charge is 0.302 e. The zero-order valence-corrected chi connectivity index (χ0v) is 10.0. The Labute approximate surface area is 96.6 Å². The molecule has 0 spiro atoms. The Balaban J connectivity index is 2.02. The third kappa shape index (κ3) is 5.28. The highest BCUT2D eigenvalue weighted by Gasteiger charge is 2.26. The van der Waals surface area contributed by atoms with E-state index < -0.39 is 5.79 Å². The van der Waals surface area contributed by atoms with Crippen molar-refractivity contribution >= 4 is 5.97 Å². The van der Waals surface area contributed by atoms with Crippen molar-refractivity contribution in [3.63, 3.8) is 0 Å². The van der Waals surface area contributed by atoms with Crippen LogP contribution in [0.15, 0.2) is 12.2 Å². The molecule has 0 N–H and O–H groups in total. The number of rotatable bonds is 6. The highest BCUT2D eigenvalue weighted by atomic mass is 16.7. The minimum atomic E-state index is -0.532. The van der Waals surface area contributed by atoms with E-state index in [0.717, 1.165) is 19.3 Å². The minimum Gasteiger partial charge on any atom is -0.466 e.